The number of piperidine rings is 1. The van der Waals surface area contributed by atoms with Gasteiger partial charge in [-0.1, -0.05) is 6.07 Å². The quantitative estimate of drug-likeness (QED) is 0.904. The predicted octanol–water partition coefficient (Wildman–Crippen LogP) is 1.26. The zero-order chi connectivity index (χ0) is 13.3. The lowest BCUT2D eigenvalue weighted by atomic mass is 10.0. The van der Waals surface area contributed by atoms with Crippen molar-refractivity contribution in [1.29, 1.82) is 0 Å². The van der Waals surface area contributed by atoms with Gasteiger partial charge in [0, 0.05) is 6.54 Å². The first-order valence-corrected chi connectivity index (χ1v) is 7.10. The Morgan fingerprint density at radius 2 is 2.32 bits per heavy atom. The first kappa shape index (κ1) is 12.3. The van der Waals surface area contributed by atoms with E-state index in [2.05, 4.69) is 15.5 Å². The molecule has 3 heterocycles. The van der Waals surface area contributed by atoms with Gasteiger partial charge in [0.05, 0.1) is 18.0 Å². The van der Waals surface area contributed by atoms with Crippen molar-refractivity contribution < 1.29 is 9.59 Å². The minimum absolute atomic E-state index is 0.0345. The van der Waals surface area contributed by atoms with E-state index in [9.17, 15) is 9.59 Å². The molecular weight excluding hydrogens is 264 g/mol. The van der Waals surface area contributed by atoms with Crippen molar-refractivity contribution in [3.05, 3.63) is 22.4 Å². The summed E-state index contributed by atoms with van der Waals surface area (Å²) < 4.78 is 0. The van der Waals surface area contributed by atoms with E-state index >= 15 is 0 Å². The summed E-state index contributed by atoms with van der Waals surface area (Å²) in [5, 5.41) is 12.5. The van der Waals surface area contributed by atoms with Gasteiger partial charge in [0.15, 0.2) is 0 Å². The van der Waals surface area contributed by atoms with Gasteiger partial charge in [-0.25, -0.2) is 0 Å². The van der Waals surface area contributed by atoms with Gasteiger partial charge in [-0.2, -0.15) is 10.2 Å². The molecule has 0 unspecified atom stereocenters. The topological polar surface area (TPSA) is 74.1 Å². The number of carbonyl (C=O) groups is 2. The molecule has 6 nitrogen and oxygen atoms in total. The molecule has 2 amide bonds. The molecule has 3 rings (SSSR count). The summed E-state index contributed by atoms with van der Waals surface area (Å²) in [6.45, 7) is 1.31. The zero-order valence-corrected chi connectivity index (χ0v) is 11.2. The molecule has 2 aliphatic rings. The van der Waals surface area contributed by atoms with E-state index in [0.29, 0.717) is 11.4 Å². The second-order valence-electron chi connectivity index (χ2n) is 4.76. The first-order chi connectivity index (χ1) is 9.19. The Labute approximate surface area is 114 Å². The van der Waals surface area contributed by atoms with Crippen LogP contribution in [0.3, 0.4) is 0 Å². The Kier molecular flexibility index (Phi) is 3.06. The van der Waals surface area contributed by atoms with Gasteiger partial charge in [-0.05, 0) is 24.3 Å². The average molecular weight is 278 g/mol. The molecule has 1 N–H and O–H groups in total. The van der Waals surface area contributed by atoms with Crippen LogP contribution in [0, 0.1) is 0 Å². The molecule has 0 atom stereocenters. The van der Waals surface area contributed by atoms with Crippen LogP contribution in [0.1, 0.15) is 22.5 Å². The number of likely N-dealkylation sites (tertiary alicyclic amines) is 1. The summed E-state index contributed by atoms with van der Waals surface area (Å²) >= 11 is 1.36. The predicted molar refractivity (Wildman–Crippen MR) is 70.1 cm³/mol. The van der Waals surface area contributed by atoms with Crippen molar-refractivity contribution in [2.45, 2.75) is 18.5 Å². The van der Waals surface area contributed by atoms with Crippen LogP contribution in [-0.4, -0.2) is 42.0 Å². The molecule has 1 spiro atoms. The van der Waals surface area contributed by atoms with Crippen LogP contribution < -0.4 is 5.32 Å². The number of hydrogen-bond donors (Lipinski definition) is 1. The monoisotopic (exact) mass is 278 g/mol. The number of nitrogens with zero attached hydrogens (tertiary/aromatic N) is 3. The van der Waals surface area contributed by atoms with Crippen molar-refractivity contribution >= 4 is 23.2 Å². The smallest absolute Gasteiger partial charge is 0.261 e. The third kappa shape index (κ3) is 2.65. The lowest BCUT2D eigenvalue weighted by molar-refractivity contribution is -0.131. The Bertz CT molecular complexity index is 520. The van der Waals surface area contributed by atoms with E-state index in [1.54, 1.807) is 11.0 Å². The van der Waals surface area contributed by atoms with Gasteiger partial charge >= 0.3 is 0 Å². The Balaban J connectivity index is 1.50. The maximum absolute atomic E-state index is 12.0. The van der Waals surface area contributed by atoms with Gasteiger partial charge in [-0.3, -0.25) is 9.59 Å². The van der Waals surface area contributed by atoms with Crippen molar-refractivity contribution in [2.75, 3.05) is 19.6 Å². The number of rotatable bonds is 3. The van der Waals surface area contributed by atoms with Gasteiger partial charge in [0.1, 0.15) is 0 Å². The van der Waals surface area contributed by atoms with Gasteiger partial charge in [-0.15, -0.1) is 11.3 Å². The highest BCUT2D eigenvalue weighted by atomic mass is 32.1. The van der Waals surface area contributed by atoms with Crippen molar-refractivity contribution in [3.63, 3.8) is 0 Å². The van der Waals surface area contributed by atoms with Crippen LogP contribution in [0.4, 0.5) is 0 Å². The van der Waals surface area contributed by atoms with Gasteiger partial charge in [0.2, 0.25) is 11.6 Å². The van der Waals surface area contributed by atoms with Gasteiger partial charge < -0.3 is 10.2 Å². The third-order valence-corrected chi connectivity index (χ3v) is 4.20. The summed E-state index contributed by atoms with van der Waals surface area (Å²) in [4.78, 5) is 26.1. The number of amides is 2. The fourth-order valence-corrected chi connectivity index (χ4v) is 2.87. The average Bonchev–Trinajstić information content (AvgIpc) is 2.97. The fourth-order valence-electron chi connectivity index (χ4n) is 2.23. The standard InChI is InChI=1S/C12H14N4O2S/c17-10(7-13-11(18)9-3-1-6-19-9)16-5-2-4-12(8-16)14-15-12/h1,3,6H,2,4-5,7-8H2,(H,13,18). The SMILES string of the molecule is O=C(NCC(=O)N1CCCC2(C1)N=N2)c1cccs1. The summed E-state index contributed by atoms with van der Waals surface area (Å²) in [6, 6.07) is 3.55. The van der Waals surface area contributed by atoms with Crippen molar-refractivity contribution in [3.8, 4) is 0 Å². The Morgan fingerprint density at radius 3 is 3.00 bits per heavy atom. The second kappa shape index (κ2) is 4.73. The molecule has 1 aromatic heterocycles. The highest BCUT2D eigenvalue weighted by Gasteiger charge is 2.45. The largest absolute Gasteiger partial charge is 0.342 e. The van der Waals surface area contributed by atoms with E-state index in [1.165, 1.54) is 11.3 Å². The van der Waals surface area contributed by atoms with E-state index in [0.717, 1.165) is 19.4 Å². The van der Waals surface area contributed by atoms with E-state index in [1.807, 2.05) is 11.4 Å². The van der Waals surface area contributed by atoms with Crippen molar-refractivity contribution in [1.82, 2.24) is 10.2 Å². The molecule has 0 bridgehead atoms. The molecule has 0 radical (unpaired) electrons. The number of carbonyl (C=O) groups excluding carboxylic acids is 2. The van der Waals surface area contributed by atoms with Crippen LogP contribution in [0.15, 0.2) is 27.7 Å². The molecular formula is C12H14N4O2S. The molecule has 7 heteroatoms. The third-order valence-electron chi connectivity index (χ3n) is 3.33. The summed E-state index contributed by atoms with van der Waals surface area (Å²) in [7, 11) is 0. The first-order valence-electron chi connectivity index (χ1n) is 6.22. The van der Waals surface area contributed by atoms with Crippen LogP contribution in [0.25, 0.3) is 0 Å². The normalized spacial score (nSPS) is 19.5. The number of hydrogen-bond acceptors (Lipinski definition) is 5. The maximum Gasteiger partial charge on any atom is 0.261 e. The fraction of sp³-hybridized carbons (Fsp3) is 0.500. The summed E-state index contributed by atoms with van der Waals surface area (Å²) in [5.74, 6) is -0.267. The maximum atomic E-state index is 12.0. The molecule has 100 valence electrons. The lowest BCUT2D eigenvalue weighted by Gasteiger charge is -2.30. The molecule has 19 heavy (non-hydrogen) atoms. The molecule has 0 aromatic carbocycles. The minimum atomic E-state index is -0.314. The van der Waals surface area contributed by atoms with Crippen LogP contribution >= 0.6 is 11.3 Å². The van der Waals surface area contributed by atoms with Crippen LogP contribution in [-0.2, 0) is 4.79 Å². The molecule has 2 aliphatic heterocycles. The summed E-state index contributed by atoms with van der Waals surface area (Å²) in [5.41, 5.74) is -0.314. The van der Waals surface area contributed by atoms with E-state index < -0.39 is 0 Å². The molecule has 1 saturated heterocycles. The van der Waals surface area contributed by atoms with Crippen LogP contribution in [0.2, 0.25) is 0 Å². The lowest BCUT2D eigenvalue weighted by Crippen LogP contribution is -2.47. The number of thiophene rings is 1. The highest BCUT2D eigenvalue weighted by molar-refractivity contribution is 7.12. The molecule has 1 fully saturated rings. The van der Waals surface area contributed by atoms with Gasteiger partial charge in [0.25, 0.3) is 5.91 Å². The van der Waals surface area contributed by atoms with Crippen molar-refractivity contribution in [2.24, 2.45) is 10.2 Å². The molecule has 0 saturated carbocycles. The molecule has 0 aliphatic carbocycles. The van der Waals surface area contributed by atoms with Crippen LogP contribution in [0.5, 0.6) is 0 Å². The second-order valence-corrected chi connectivity index (χ2v) is 5.71. The van der Waals surface area contributed by atoms with E-state index in [4.69, 9.17) is 0 Å². The number of nitrogens with one attached hydrogen (secondary N) is 1. The minimum Gasteiger partial charge on any atom is -0.342 e. The Morgan fingerprint density at radius 1 is 1.47 bits per heavy atom. The highest BCUT2D eigenvalue weighted by Crippen LogP contribution is 2.36. The zero-order valence-electron chi connectivity index (χ0n) is 10.3. The van der Waals surface area contributed by atoms with E-state index in [-0.39, 0.29) is 24.0 Å². The molecule has 1 aromatic rings. The Hall–Kier alpha value is -1.76. The summed E-state index contributed by atoms with van der Waals surface area (Å²) in [6.07, 6.45) is 1.84.